The highest BCUT2D eigenvalue weighted by Crippen LogP contribution is 2.18. The van der Waals surface area contributed by atoms with Crippen molar-refractivity contribution in [3.8, 4) is 0 Å². The van der Waals surface area contributed by atoms with Crippen molar-refractivity contribution < 1.29 is 29.6 Å². The molecule has 0 bridgehead atoms. The highest BCUT2D eigenvalue weighted by molar-refractivity contribution is 5.89. The van der Waals surface area contributed by atoms with Crippen molar-refractivity contribution in [1.82, 2.24) is 10.2 Å². The number of hydrogen-bond acceptors (Lipinski definition) is 7. The molecule has 1 fully saturated rings. The second-order valence-electron chi connectivity index (χ2n) is 8.88. The van der Waals surface area contributed by atoms with Gasteiger partial charge >= 0.3 is 0 Å². The summed E-state index contributed by atoms with van der Waals surface area (Å²) < 4.78 is 5.09. The summed E-state index contributed by atoms with van der Waals surface area (Å²) in [6, 6.07) is -0.731. The lowest BCUT2D eigenvalue weighted by molar-refractivity contribution is -0.151. The molecule has 0 saturated carbocycles. The maximum Gasteiger partial charge on any atom is 0.252 e. The van der Waals surface area contributed by atoms with E-state index in [1.165, 1.54) is 13.2 Å². The first-order valence-electron chi connectivity index (χ1n) is 10.6. The van der Waals surface area contributed by atoms with Crippen molar-refractivity contribution in [1.29, 1.82) is 0 Å². The molecule has 30 heavy (non-hydrogen) atoms. The molecule has 1 aliphatic rings. The molecule has 0 aromatic heterocycles. The number of carbonyl (C=O) groups is 2. The second-order valence-corrected chi connectivity index (χ2v) is 8.88. The Hall–Kier alpha value is -1.52. The van der Waals surface area contributed by atoms with Crippen LogP contribution in [0.4, 0.5) is 0 Å². The van der Waals surface area contributed by atoms with Gasteiger partial charge in [-0.15, -0.1) is 0 Å². The van der Waals surface area contributed by atoms with E-state index in [0.29, 0.717) is 32.5 Å². The van der Waals surface area contributed by atoms with E-state index in [1.807, 2.05) is 20.8 Å². The minimum Gasteiger partial charge on any atom is -0.387 e. The Kier molecular flexibility index (Phi) is 10.9. The molecule has 0 unspecified atom stereocenters. The quantitative estimate of drug-likeness (QED) is 0.295. The first-order valence-corrected chi connectivity index (χ1v) is 10.6. The molecule has 1 aliphatic heterocycles. The number of likely N-dealkylation sites (tertiary alicyclic amines) is 1. The Labute approximate surface area is 179 Å². The summed E-state index contributed by atoms with van der Waals surface area (Å²) in [6.07, 6.45) is -0.276. The lowest BCUT2D eigenvalue weighted by atomic mass is 9.94. The largest absolute Gasteiger partial charge is 0.387 e. The fourth-order valence-corrected chi connectivity index (χ4v) is 3.28. The van der Waals surface area contributed by atoms with E-state index in [1.54, 1.807) is 11.0 Å². The summed E-state index contributed by atoms with van der Waals surface area (Å²) >= 11 is 0. The van der Waals surface area contributed by atoms with E-state index in [-0.39, 0.29) is 11.3 Å². The zero-order chi connectivity index (χ0) is 22.9. The fraction of sp³-hybridized carbons (Fsp3) is 0.810. The minimum absolute atomic E-state index is 0.188. The molecule has 6 N–H and O–H groups in total. The highest BCUT2D eigenvalue weighted by Gasteiger charge is 2.37. The summed E-state index contributed by atoms with van der Waals surface area (Å²) in [5.74, 6) is -0.901. The second kappa shape index (κ2) is 12.4. The molecule has 2 amide bonds. The van der Waals surface area contributed by atoms with Gasteiger partial charge in [0.25, 0.3) is 5.91 Å². The number of nitrogens with zero attached hydrogens (tertiary/aromatic N) is 1. The fourth-order valence-electron chi connectivity index (χ4n) is 3.28. The monoisotopic (exact) mass is 429 g/mol. The Morgan fingerprint density at radius 2 is 1.97 bits per heavy atom. The number of aliphatic hydroxyl groups is 3. The molecule has 1 saturated heterocycles. The SMILES string of the molecule is CO[C@@H](C(=O)N[C@H]1CCCCN(CCCN)C1=O)[C@H](O)[C@@H](O)[C@H](O)C=CC(C)(C)C. The van der Waals surface area contributed by atoms with Gasteiger partial charge in [-0.3, -0.25) is 9.59 Å². The Morgan fingerprint density at radius 1 is 1.30 bits per heavy atom. The molecule has 9 nitrogen and oxygen atoms in total. The summed E-state index contributed by atoms with van der Waals surface area (Å²) in [5, 5.41) is 33.5. The third kappa shape index (κ3) is 8.31. The van der Waals surface area contributed by atoms with Crippen LogP contribution in [0.5, 0.6) is 0 Å². The molecular weight excluding hydrogens is 390 g/mol. The number of allylic oxidation sites excluding steroid dienone is 1. The molecule has 5 atom stereocenters. The number of rotatable bonds is 10. The minimum atomic E-state index is -1.68. The van der Waals surface area contributed by atoms with Gasteiger partial charge in [0.15, 0.2) is 6.10 Å². The van der Waals surface area contributed by atoms with Crippen LogP contribution in [0.25, 0.3) is 0 Å². The van der Waals surface area contributed by atoms with Gasteiger partial charge in [-0.25, -0.2) is 0 Å². The Morgan fingerprint density at radius 3 is 2.53 bits per heavy atom. The molecule has 1 rings (SSSR count). The van der Waals surface area contributed by atoms with Gasteiger partial charge in [-0.2, -0.15) is 0 Å². The number of methoxy groups -OCH3 is 1. The van der Waals surface area contributed by atoms with Crippen LogP contribution < -0.4 is 11.1 Å². The van der Waals surface area contributed by atoms with Crippen LogP contribution in [0.1, 0.15) is 46.5 Å². The number of ether oxygens (including phenoxy) is 1. The molecule has 174 valence electrons. The van der Waals surface area contributed by atoms with Gasteiger partial charge in [-0.1, -0.05) is 32.9 Å². The van der Waals surface area contributed by atoms with Crippen LogP contribution in [0.15, 0.2) is 12.2 Å². The number of hydrogen-bond donors (Lipinski definition) is 5. The van der Waals surface area contributed by atoms with Crippen molar-refractivity contribution in [2.45, 2.75) is 76.9 Å². The molecule has 0 aromatic rings. The van der Waals surface area contributed by atoms with Gasteiger partial charge in [0.2, 0.25) is 5.91 Å². The van der Waals surface area contributed by atoms with Crippen LogP contribution in [0.2, 0.25) is 0 Å². The zero-order valence-electron chi connectivity index (χ0n) is 18.6. The normalized spacial score (nSPS) is 22.5. The smallest absolute Gasteiger partial charge is 0.252 e. The molecule has 0 aliphatic carbocycles. The van der Waals surface area contributed by atoms with E-state index >= 15 is 0 Å². The summed E-state index contributed by atoms with van der Waals surface area (Å²) in [6.45, 7) is 7.39. The van der Waals surface area contributed by atoms with E-state index < -0.39 is 36.4 Å². The maximum atomic E-state index is 12.8. The number of nitrogens with two attached hydrogens (primary N) is 1. The van der Waals surface area contributed by atoms with E-state index in [4.69, 9.17) is 10.5 Å². The van der Waals surface area contributed by atoms with Crippen LogP contribution >= 0.6 is 0 Å². The third-order valence-electron chi connectivity index (χ3n) is 5.05. The molecule has 0 radical (unpaired) electrons. The number of amides is 2. The van der Waals surface area contributed by atoms with Crippen molar-refractivity contribution in [2.24, 2.45) is 11.1 Å². The van der Waals surface area contributed by atoms with Gasteiger partial charge in [0.1, 0.15) is 24.4 Å². The Balaban J connectivity index is 2.80. The number of nitrogens with one attached hydrogen (secondary N) is 1. The first kappa shape index (κ1) is 26.5. The van der Waals surface area contributed by atoms with Crippen LogP contribution in [0, 0.1) is 5.41 Å². The first-order chi connectivity index (χ1) is 14.0. The predicted octanol–water partition coefficient (Wildman–Crippen LogP) is -0.467. The molecule has 0 aromatic carbocycles. The van der Waals surface area contributed by atoms with Crippen molar-refractivity contribution >= 4 is 11.8 Å². The molecular formula is C21H39N3O6. The molecule has 1 heterocycles. The highest BCUT2D eigenvalue weighted by atomic mass is 16.5. The third-order valence-corrected chi connectivity index (χ3v) is 5.05. The topological polar surface area (TPSA) is 145 Å². The molecule has 0 spiro atoms. The van der Waals surface area contributed by atoms with E-state index in [2.05, 4.69) is 5.32 Å². The predicted molar refractivity (Wildman–Crippen MR) is 113 cm³/mol. The zero-order valence-corrected chi connectivity index (χ0v) is 18.6. The van der Waals surface area contributed by atoms with Crippen molar-refractivity contribution in [2.75, 3.05) is 26.7 Å². The standard InChI is InChI=1S/C21H39N3O6/c1-21(2,3)10-9-15(25)16(26)17(27)18(30-4)19(28)23-14-8-5-6-12-24(20(14)29)13-7-11-22/h9-10,14-18,25-27H,5-8,11-13,22H2,1-4H3,(H,23,28)/t14-,15+,16-,17+,18+/m0/s1. The lowest BCUT2D eigenvalue weighted by Crippen LogP contribution is -2.55. The van der Waals surface area contributed by atoms with Crippen LogP contribution in [-0.2, 0) is 14.3 Å². The number of aliphatic hydroxyl groups excluding tert-OH is 3. The Bertz CT molecular complexity index is 578. The van der Waals surface area contributed by atoms with Crippen LogP contribution in [-0.4, -0.2) is 89.2 Å². The number of carbonyl (C=O) groups excluding carboxylic acids is 2. The van der Waals surface area contributed by atoms with Gasteiger partial charge in [0.05, 0.1) is 0 Å². The van der Waals surface area contributed by atoms with Crippen molar-refractivity contribution in [3.63, 3.8) is 0 Å². The van der Waals surface area contributed by atoms with Crippen molar-refractivity contribution in [3.05, 3.63) is 12.2 Å². The average Bonchev–Trinajstić information content (AvgIpc) is 2.85. The maximum absolute atomic E-state index is 12.8. The summed E-state index contributed by atoms with van der Waals surface area (Å²) in [7, 11) is 1.22. The average molecular weight is 430 g/mol. The van der Waals surface area contributed by atoms with Gasteiger partial charge in [0, 0.05) is 20.2 Å². The summed E-state index contributed by atoms with van der Waals surface area (Å²) in [5.41, 5.74) is 5.31. The van der Waals surface area contributed by atoms with Gasteiger partial charge < -0.3 is 36.0 Å². The lowest BCUT2D eigenvalue weighted by Gasteiger charge is -2.29. The van der Waals surface area contributed by atoms with E-state index in [9.17, 15) is 24.9 Å². The molecule has 9 heteroatoms. The van der Waals surface area contributed by atoms with Gasteiger partial charge in [-0.05, 0) is 37.6 Å². The van der Waals surface area contributed by atoms with Crippen LogP contribution in [0.3, 0.4) is 0 Å². The van der Waals surface area contributed by atoms with E-state index in [0.717, 1.165) is 12.8 Å². The summed E-state index contributed by atoms with van der Waals surface area (Å²) in [4.78, 5) is 27.2.